The van der Waals surface area contributed by atoms with E-state index in [1.165, 1.54) is 0 Å². The van der Waals surface area contributed by atoms with E-state index in [4.69, 9.17) is 0 Å². The molecule has 0 aliphatic carbocycles. The van der Waals surface area contributed by atoms with Gasteiger partial charge in [0.15, 0.2) is 0 Å². The highest BCUT2D eigenvalue weighted by molar-refractivity contribution is 4.88. The van der Waals surface area contributed by atoms with Gasteiger partial charge in [-0.05, 0) is 0 Å². The molecule has 0 N–H and O–H groups in total. The minimum absolute atomic E-state index is 0. The van der Waals surface area contributed by atoms with E-state index in [2.05, 4.69) is 13.2 Å². The predicted molar refractivity (Wildman–Crippen MR) is 33.9 cm³/mol. The lowest BCUT2D eigenvalue weighted by atomic mass is 10.6. The monoisotopic (exact) mass is 86.1 g/mol. The Labute approximate surface area is 41.2 Å². The quantitative estimate of drug-likeness (QED) is 0.430. The van der Waals surface area contributed by atoms with Crippen molar-refractivity contribution < 1.29 is 0 Å². The highest BCUT2D eigenvalue weighted by Crippen LogP contribution is 1.52. The van der Waals surface area contributed by atoms with Gasteiger partial charge in [0.1, 0.15) is 0 Å². The average molecular weight is 86.2 g/mol. The van der Waals surface area contributed by atoms with Crippen molar-refractivity contribution in [1.29, 1.82) is 0 Å². The van der Waals surface area contributed by atoms with Crippen LogP contribution in [0, 0.1) is 0 Å². The fraction of sp³-hybridized carbons (Fsp3) is 0.333. The highest BCUT2D eigenvalue weighted by Gasteiger charge is 1.29. The van der Waals surface area contributed by atoms with E-state index >= 15 is 0 Å². The number of rotatable bonds is 1. The third-order valence-electron chi connectivity index (χ3n) is 0.167. The van der Waals surface area contributed by atoms with Gasteiger partial charge in [-0.3, -0.25) is 0 Å². The molecular formula is C6H14. The molecule has 0 unspecified atom stereocenters. The zero-order valence-electron chi connectivity index (χ0n) is 2.57. The van der Waals surface area contributed by atoms with Crippen LogP contribution in [0.5, 0.6) is 0 Å². The van der Waals surface area contributed by atoms with Gasteiger partial charge in [-0.25, -0.2) is 0 Å². The summed E-state index contributed by atoms with van der Waals surface area (Å²) in [5, 5.41) is 0. The van der Waals surface area contributed by atoms with E-state index in [1.807, 2.05) is 0 Å². The van der Waals surface area contributed by atoms with E-state index in [0.717, 1.165) is 0 Å². The van der Waals surface area contributed by atoms with E-state index < -0.39 is 0 Å². The third-order valence-corrected chi connectivity index (χ3v) is 0.167. The van der Waals surface area contributed by atoms with Crippen molar-refractivity contribution in [2.45, 2.75) is 14.9 Å². The first kappa shape index (κ1) is 17.9. The predicted octanol–water partition coefficient (Wildman–Crippen LogP) is 2.63. The Morgan fingerprint density at radius 3 is 1.00 bits per heavy atom. The Morgan fingerprint density at radius 1 is 0.833 bits per heavy atom. The molecule has 0 radical (unpaired) electrons. The molecule has 0 aliphatic rings. The van der Waals surface area contributed by atoms with Gasteiger partial charge in [0.25, 0.3) is 0 Å². The molecule has 0 heterocycles. The van der Waals surface area contributed by atoms with Crippen LogP contribution < -0.4 is 0 Å². The van der Waals surface area contributed by atoms with Gasteiger partial charge in [0.2, 0.25) is 0 Å². The van der Waals surface area contributed by atoms with Crippen molar-refractivity contribution in [3.63, 3.8) is 0 Å². The molecule has 0 amide bonds. The second-order valence-corrected chi connectivity index (χ2v) is 0.471. The van der Waals surface area contributed by atoms with Crippen LogP contribution in [-0.4, -0.2) is 0 Å². The Hall–Kier alpha value is -0.520. The lowest BCUT2D eigenvalue weighted by Gasteiger charge is -1.44. The minimum atomic E-state index is 0. The molecule has 0 nitrogen and oxygen atoms in total. The van der Waals surface area contributed by atoms with Crippen LogP contribution in [0.1, 0.15) is 14.9 Å². The molecule has 0 spiro atoms. The standard InChI is InChI=1S/C4H6.2CH4/c1-3-4-2;;/h3-4H,1-2H2;2*1H4. The first-order valence-corrected chi connectivity index (χ1v) is 1.15. The summed E-state index contributed by atoms with van der Waals surface area (Å²) in [5.74, 6) is 0. The second-order valence-electron chi connectivity index (χ2n) is 0.471. The van der Waals surface area contributed by atoms with Crippen molar-refractivity contribution in [3.05, 3.63) is 25.3 Å². The van der Waals surface area contributed by atoms with Crippen LogP contribution in [0.3, 0.4) is 0 Å². The van der Waals surface area contributed by atoms with Crippen molar-refractivity contribution in [3.8, 4) is 0 Å². The van der Waals surface area contributed by atoms with Crippen molar-refractivity contribution in [2.75, 3.05) is 0 Å². The van der Waals surface area contributed by atoms with Crippen LogP contribution in [0.2, 0.25) is 0 Å². The SMILES string of the molecule is C.C.C=CC=C. The molecule has 0 aromatic rings. The van der Waals surface area contributed by atoms with Crippen molar-refractivity contribution in [2.24, 2.45) is 0 Å². The summed E-state index contributed by atoms with van der Waals surface area (Å²) in [6.45, 7) is 6.72. The van der Waals surface area contributed by atoms with Crippen molar-refractivity contribution >= 4 is 0 Å². The third kappa shape index (κ3) is 92.9. The molecule has 0 bridgehead atoms. The molecule has 0 aromatic heterocycles. The molecule has 38 valence electrons. The minimum Gasteiger partial charge on any atom is -0.0991 e. The summed E-state index contributed by atoms with van der Waals surface area (Å²) in [6, 6.07) is 0. The summed E-state index contributed by atoms with van der Waals surface area (Å²) < 4.78 is 0. The molecule has 0 aromatic carbocycles. The molecule has 0 heteroatoms. The molecule has 0 aliphatic heterocycles. The maximum Gasteiger partial charge on any atom is -0.0701 e. The van der Waals surface area contributed by atoms with Gasteiger partial charge in [0.05, 0.1) is 0 Å². The molecule has 0 rings (SSSR count). The fourth-order valence-corrected chi connectivity index (χ4v) is 0. The van der Waals surface area contributed by atoms with Gasteiger partial charge in [-0.2, -0.15) is 0 Å². The Balaban J connectivity index is -0.0000000450. The Morgan fingerprint density at radius 2 is 1.00 bits per heavy atom. The van der Waals surface area contributed by atoms with E-state index in [0.29, 0.717) is 0 Å². The van der Waals surface area contributed by atoms with Crippen LogP contribution in [0.15, 0.2) is 25.3 Å². The summed E-state index contributed by atoms with van der Waals surface area (Å²) in [6.07, 6.45) is 3.28. The van der Waals surface area contributed by atoms with E-state index in [-0.39, 0.29) is 14.9 Å². The molecule has 0 saturated carbocycles. The fourth-order valence-electron chi connectivity index (χ4n) is 0. The van der Waals surface area contributed by atoms with E-state index in [9.17, 15) is 0 Å². The molecule has 0 fully saturated rings. The van der Waals surface area contributed by atoms with Gasteiger partial charge in [-0.15, -0.1) is 0 Å². The molecule has 6 heavy (non-hydrogen) atoms. The summed E-state index contributed by atoms with van der Waals surface area (Å²) in [5.41, 5.74) is 0. The zero-order valence-corrected chi connectivity index (χ0v) is 2.57. The summed E-state index contributed by atoms with van der Waals surface area (Å²) in [4.78, 5) is 0. The number of allylic oxidation sites excluding steroid dienone is 2. The molecule has 0 atom stereocenters. The largest absolute Gasteiger partial charge is 0.0991 e. The first-order valence-electron chi connectivity index (χ1n) is 1.15. The van der Waals surface area contributed by atoms with Gasteiger partial charge < -0.3 is 0 Å². The lowest BCUT2D eigenvalue weighted by molar-refractivity contribution is 2.15. The smallest absolute Gasteiger partial charge is 0.0701 e. The number of hydrogen-bond donors (Lipinski definition) is 0. The Kier molecular flexibility index (Phi) is 73.8. The van der Waals surface area contributed by atoms with Gasteiger partial charge >= 0.3 is 0 Å². The normalized spacial score (nSPS) is 3.33. The maximum atomic E-state index is 3.36. The average Bonchev–Trinajstić information content (AvgIpc) is 1.37. The second kappa shape index (κ2) is 24.8. The summed E-state index contributed by atoms with van der Waals surface area (Å²) >= 11 is 0. The highest BCUT2D eigenvalue weighted by atomic mass is 13.4. The lowest BCUT2D eigenvalue weighted by Crippen LogP contribution is -1.21. The summed E-state index contributed by atoms with van der Waals surface area (Å²) in [7, 11) is 0. The van der Waals surface area contributed by atoms with Crippen LogP contribution in [0.25, 0.3) is 0 Å². The van der Waals surface area contributed by atoms with E-state index in [1.54, 1.807) is 12.2 Å². The van der Waals surface area contributed by atoms with Gasteiger partial charge in [0, 0.05) is 0 Å². The molecule has 0 saturated heterocycles. The number of hydrogen-bond acceptors (Lipinski definition) is 0. The van der Waals surface area contributed by atoms with Crippen LogP contribution in [0.4, 0.5) is 0 Å². The maximum absolute atomic E-state index is 3.36. The van der Waals surface area contributed by atoms with Crippen LogP contribution >= 0.6 is 0 Å². The molecular weight excluding hydrogens is 72.1 g/mol. The first-order chi connectivity index (χ1) is 1.91. The van der Waals surface area contributed by atoms with Crippen LogP contribution in [-0.2, 0) is 0 Å². The topological polar surface area (TPSA) is 0 Å². The zero-order chi connectivity index (χ0) is 3.41. The Bertz CT molecular complexity index is 21.0. The van der Waals surface area contributed by atoms with Crippen molar-refractivity contribution in [1.82, 2.24) is 0 Å². The van der Waals surface area contributed by atoms with Gasteiger partial charge in [-0.1, -0.05) is 40.2 Å².